The molecule has 0 fully saturated rings. The normalized spacial score (nSPS) is 12.0. The van der Waals surface area contributed by atoms with Gasteiger partial charge in [-0.05, 0) is 31.5 Å². The zero-order valence-corrected chi connectivity index (χ0v) is 13.6. The Balaban J connectivity index is 2.70. The number of halogens is 4. The molecular weight excluding hydrogens is 317 g/mol. The Morgan fingerprint density at radius 2 is 1.95 bits per heavy atom. The summed E-state index contributed by atoms with van der Waals surface area (Å²) in [7, 11) is 1.16. The Bertz CT molecular complexity index is 506. The van der Waals surface area contributed by atoms with Crippen molar-refractivity contribution in [1.29, 1.82) is 0 Å². The highest BCUT2D eigenvalue weighted by Gasteiger charge is 2.31. The number of hydrogen-bond donors (Lipinski definition) is 0. The van der Waals surface area contributed by atoms with E-state index in [2.05, 4.69) is 0 Å². The highest BCUT2D eigenvalue weighted by Crippen LogP contribution is 2.17. The fourth-order valence-corrected chi connectivity index (χ4v) is 2.16. The van der Waals surface area contributed by atoms with E-state index in [1.807, 2.05) is 19.9 Å². The maximum atomic E-state index is 12.3. The maximum absolute atomic E-state index is 12.3. The maximum Gasteiger partial charge on any atom is 0.406 e. The number of carbonyl (C=O) groups is 1. The van der Waals surface area contributed by atoms with Gasteiger partial charge in [0, 0.05) is 24.7 Å². The van der Waals surface area contributed by atoms with Crippen LogP contribution in [-0.4, -0.2) is 48.1 Å². The number of likely N-dealkylation sites (N-methyl/N-ethyl adjacent to an activating group) is 1. The van der Waals surface area contributed by atoms with Crippen molar-refractivity contribution in [2.24, 2.45) is 0 Å². The molecule has 0 saturated heterocycles. The first-order valence-corrected chi connectivity index (χ1v) is 7.25. The van der Waals surface area contributed by atoms with E-state index in [4.69, 9.17) is 11.6 Å². The first-order valence-electron chi connectivity index (χ1n) is 6.87. The van der Waals surface area contributed by atoms with E-state index < -0.39 is 18.6 Å². The van der Waals surface area contributed by atoms with Crippen LogP contribution >= 0.6 is 11.6 Å². The molecule has 1 aromatic carbocycles. The Kier molecular flexibility index (Phi) is 6.68. The zero-order valence-electron chi connectivity index (χ0n) is 12.8. The van der Waals surface area contributed by atoms with Gasteiger partial charge in [0.05, 0.1) is 6.54 Å². The quantitative estimate of drug-likeness (QED) is 0.793. The van der Waals surface area contributed by atoms with Gasteiger partial charge in [0.2, 0.25) is 5.91 Å². The topological polar surface area (TPSA) is 23.6 Å². The van der Waals surface area contributed by atoms with Gasteiger partial charge in [-0.15, -0.1) is 0 Å². The monoisotopic (exact) mass is 336 g/mol. The molecule has 0 unspecified atom stereocenters. The highest BCUT2D eigenvalue weighted by atomic mass is 35.5. The van der Waals surface area contributed by atoms with Crippen molar-refractivity contribution in [3.05, 3.63) is 34.9 Å². The van der Waals surface area contributed by atoms with Crippen molar-refractivity contribution in [2.45, 2.75) is 32.6 Å². The summed E-state index contributed by atoms with van der Waals surface area (Å²) in [6.07, 6.45) is -4.39. The molecule has 3 nitrogen and oxygen atoms in total. The minimum atomic E-state index is -4.39. The fraction of sp³-hybridized carbons (Fsp3) is 0.533. The van der Waals surface area contributed by atoms with Crippen LogP contribution in [0.5, 0.6) is 0 Å². The Labute approximate surface area is 133 Å². The lowest BCUT2D eigenvalue weighted by atomic mass is 10.2. The molecule has 7 heteroatoms. The lowest BCUT2D eigenvalue weighted by Crippen LogP contribution is -2.44. The summed E-state index contributed by atoms with van der Waals surface area (Å²) < 4.78 is 37.0. The van der Waals surface area contributed by atoms with Gasteiger partial charge in [-0.1, -0.05) is 23.7 Å². The molecule has 0 bridgehead atoms. The van der Waals surface area contributed by atoms with Crippen LogP contribution in [0.1, 0.15) is 19.4 Å². The van der Waals surface area contributed by atoms with E-state index in [9.17, 15) is 18.0 Å². The summed E-state index contributed by atoms with van der Waals surface area (Å²) in [4.78, 5) is 14.5. The van der Waals surface area contributed by atoms with Crippen LogP contribution in [0.2, 0.25) is 5.02 Å². The predicted octanol–water partition coefficient (Wildman–Crippen LogP) is 3.57. The third kappa shape index (κ3) is 6.66. The van der Waals surface area contributed by atoms with Crippen molar-refractivity contribution in [3.8, 4) is 0 Å². The van der Waals surface area contributed by atoms with E-state index >= 15 is 0 Å². The number of rotatable bonds is 6. The molecule has 0 N–H and O–H groups in total. The summed E-state index contributed by atoms with van der Waals surface area (Å²) in [6.45, 7) is 2.92. The molecule has 0 spiro atoms. The van der Waals surface area contributed by atoms with Gasteiger partial charge in [-0.3, -0.25) is 9.69 Å². The molecule has 0 atom stereocenters. The molecular formula is C15H20ClF3N2O. The molecule has 0 aliphatic carbocycles. The smallest absolute Gasteiger partial charge is 0.336 e. The number of carbonyl (C=O) groups excluding carboxylic acids is 1. The minimum absolute atomic E-state index is 0.0159. The number of amides is 1. The third-order valence-corrected chi connectivity index (χ3v) is 3.42. The molecule has 1 aromatic rings. The predicted molar refractivity (Wildman–Crippen MR) is 80.7 cm³/mol. The summed E-state index contributed by atoms with van der Waals surface area (Å²) >= 11 is 5.92. The molecule has 1 amide bonds. The molecule has 1 rings (SSSR count). The van der Waals surface area contributed by atoms with Crippen molar-refractivity contribution in [2.75, 3.05) is 20.1 Å². The molecule has 0 heterocycles. The Hall–Kier alpha value is -1.27. The number of hydrogen-bond acceptors (Lipinski definition) is 2. The average molecular weight is 337 g/mol. The van der Waals surface area contributed by atoms with Crippen LogP contribution in [0.25, 0.3) is 0 Å². The van der Waals surface area contributed by atoms with Crippen LogP contribution in [0.4, 0.5) is 13.2 Å². The number of benzene rings is 1. The molecule has 0 radical (unpaired) electrons. The largest absolute Gasteiger partial charge is 0.406 e. The third-order valence-electron chi connectivity index (χ3n) is 3.19. The fourth-order valence-electron chi connectivity index (χ4n) is 1.94. The van der Waals surface area contributed by atoms with E-state index in [1.165, 1.54) is 0 Å². The van der Waals surface area contributed by atoms with Gasteiger partial charge in [-0.25, -0.2) is 0 Å². The standard InChI is InChI=1S/C15H20ClF3N2O/c1-11(2)21(8-12-5-4-6-13(16)7-12)9-14(22)20(3)10-15(17,18)19/h4-7,11H,8-10H2,1-3H3. The lowest BCUT2D eigenvalue weighted by molar-refractivity contribution is -0.159. The van der Waals surface area contributed by atoms with Gasteiger partial charge in [0.25, 0.3) is 0 Å². The van der Waals surface area contributed by atoms with Crippen LogP contribution in [0.15, 0.2) is 24.3 Å². The average Bonchev–Trinajstić information content (AvgIpc) is 2.35. The van der Waals surface area contributed by atoms with Crippen molar-refractivity contribution >= 4 is 17.5 Å². The van der Waals surface area contributed by atoms with Gasteiger partial charge in [-0.2, -0.15) is 13.2 Å². The van der Waals surface area contributed by atoms with Crippen molar-refractivity contribution < 1.29 is 18.0 Å². The Morgan fingerprint density at radius 1 is 1.32 bits per heavy atom. The molecule has 124 valence electrons. The van der Waals surface area contributed by atoms with E-state index in [0.717, 1.165) is 12.6 Å². The summed E-state index contributed by atoms with van der Waals surface area (Å²) in [6, 6.07) is 7.20. The van der Waals surface area contributed by atoms with Gasteiger partial charge >= 0.3 is 6.18 Å². The molecule has 22 heavy (non-hydrogen) atoms. The van der Waals surface area contributed by atoms with Crippen molar-refractivity contribution in [1.82, 2.24) is 9.80 Å². The second-order valence-corrected chi connectivity index (χ2v) is 5.93. The van der Waals surface area contributed by atoms with Crippen molar-refractivity contribution in [3.63, 3.8) is 0 Å². The van der Waals surface area contributed by atoms with Crippen LogP contribution < -0.4 is 0 Å². The second kappa shape index (κ2) is 7.83. The SMILES string of the molecule is CC(C)N(CC(=O)N(C)CC(F)(F)F)Cc1cccc(Cl)c1. The molecule has 0 aliphatic rings. The Morgan fingerprint density at radius 3 is 2.45 bits per heavy atom. The summed E-state index contributed by atoms with van der Waals surface area (Å²) in [5, 5.41) is 0.585. The molecule has 0 aliphatic heterocycles. The molecule has 0 aromatic heterocycles. The number of alkyl halides is 3. The lowest BCUT2D eigenvalue weighted by Gasteiger charge is -2.28. The summed E-state index contributed by atoms with van der Waals surface area (Å²) in [5.41, 5.74) is 0.910. The first kappa shape index (κ1) is 18.8. The first-order chi connectivity index (χ1) is 10.1. The van der Waals surface area contributed by atoms with Crippen LogP contribution in [0.3, 0.4) is 0 Å². The molecule has 0 saturated carbocycles. The highest BCUT2D eigenvalue weighted by molar-refractivity contribution is 6.30. The minimum Gasteiger partial charge on any atom is -0.336 e. The van der Waals surface area contributed by atoms with E-state index in [0.29, 0.717) is 16.5 Å². The number of nitrogens with zero attached hydrogens (tertiary/aromatic N) is 2. The van der Waals surface area contributed by atoms with Crippen LogP contribution in [-0.2, 0) is 11.3 Å². The van der Waals surface area contributed by atoms with E-state index in [-0.39, 0.29) is 12.6 Å². The van der Waals surface area contributed by atoms with Gasteiger partial charge < -0.3 is 4.90 Å². The summed E-state index contributed by atoms with van der Waals surface area (Å²) in [5.74, 6) is -0.562. The van der Waals surface area contributed by atoms with E-state index in [1.54, 1.807) is 23.1 Å². The van der Waals surface area contributed by atoms with Crippen LogP contribution in [0, 0.1) is 0 Å². The van der Waals surface area contributed by atoms with Gasteiger partial charge in [0.1, 0.15) is 6.54 Å². The zero-order chi connectivity index (χ0) is 16.9. The second-order valence-electron chi connectivity index (χ2n) is 5.49. The van der Waals surface area contributed by atoms with Gasteiger partial charge in [0.15, 0.2) is 0 Å².